The number of carbonyl (C=O) groups is 1. The molecule has 1 saturated heterocycles. The number of aromatic nitrogens is 1. The Hall–Kier alpha value is -2.21. The Morgan fingerprint density at radius 1 is 1.42 bits per heavy atom. The number of halogens is 1. The van der Waals surface area contributed by atoms with Crippen molar-refractivity contribution in [3.8, 4) is 0 Å². The van der Waals surface area contributed by atoms with Gasteiger partial charge in [0.15, 0.2) is 5.82 Å². The van der Waals surface area contributed by atoms with Crippen molar-refractivity contribution in [1.29, 1.82) is 0 Å². The fourth-order valence-electron chi connectivity index (χ4n) is 3.25. The number of aliphatic hydroxyl groups is 1. The van der Waals surface area contributed by atoms with Crippen molar-refractivity contribution in [1.82, 2.24) is 9.88 Å². The molecule has 1 aliphatic rings. The van der Waals surface area contributed by atoms with E-state index in [1.165, 1.54) is 18.5 Å². The second-order valence-electron chi connectivity index (χ2n) is 6.12. The first kappa shape index (κ1) is 16.6. The van der Waals surface area contributed by atoms with Gasteiger partial charge in [-0.1, -0.05) is 12.8 Å². The lowest BCUT2D eigenvalue weighted by Crippen LogP contribution is -2.41. The van der Waals surface area contributed by atoms with E-state index in [2.05, 4.69) is 4.98 Å². The van der Waals surface area contributed by atoms with E-state index in [1.54, 1.807) is 17.0 Å². The van der Waals surface area contributed by atoms with Crippen molar-refractivity contribution in [2.45, 2.75) is 44.2 Å². The molecule has 1 aliphatic heterocycles. The summed E-state index contributed by atoms with van der Waals surface area (Å²) in [6.07, 6.45) is 7.27. The van der Waals surface area contributed by atoms with Crippen LogP contribution in [-0.4, -0.2) is 33.5 Å². The minimum Gasteiger partial charge on any atom is -0.467 e. The molecule has 5 nitrogen and oxygen atoms in total. The van der Waals surface area contributed by atoms with E-state index in [0.717, 1.165) is 31.9 Å². The molecular weight excluding hydrogens is 311 g/mol. The predicted octanol–water partition coefficient (Wildman–Crippen LogP) is 3.32. The average molecular weight is 332 g/mol. The maximum absolute atomic E-state index is 13.9. The predicted molar refractivity (Wildman–Crippen MR) is 85.8 cm³/mol. The van der Waals surface area contributed by atoms with Crippen molar-refractivity contribution in [3.05, 3.63) is 54.0 Å². The van der Waals surface area contributed by atoms with Crippen molar-refractivity contribution in [2.75, 3.05) is 6.54 Å². The minimum atomic E-state index is -0.777. The highest BCUT2D eigenvalue weighted by Crippen LogP contribution is 2.28. The molecule has 2 atom stereocenters. The van der Waals surface area contributed by atoms with E-state index in [0.29, 0.717) is 18.7 Å². The van der Waals surface area contributed by atoms with Crippen molar-refractivity contribution >= 4 is 5.91 Å². The molecule has 3 heterocycles. The van der Waals surface area contributed by atoms with E-state index in [4.69, 9.17) is 4.42 Å². The Kier molecular flexibility index (Phi) is 5.25. The highest BCUT2D eigenvalue weighted by atomic mass is 19.1. The number of nitrogens with zero attached hydrogens (tertiary/aromatic N) is 2. The summed E-state index contributed by atoms with van der Waals surface area (Å²) in [5, 5.41) is 10.4. The molecule has 0 bridgehead atoms. The largest absolute Gasteiger partial charge is 0.467 e. The van der Waals surface area contributed by atoms with Gasteiger partial charge in [0.2, 0.25) is 0 Å². The van der Waals surface area contributed by atoms with Crippen LogP contribution >= 0.6 is 0 Å². The molecule has 0 aliphatic carbocycles. The van der Waals surface area contributed by atoms with Gasteiger partial charge in [-0.25, -0.2) is 4.39 Å². The summed E-state index contributed by atoms with van der Waals surface area (Å²) >= 11 is 0. The van der Waals surface area contributed by atoms with Crippen LogP contribution in [0.1, 0.15) is 54.3 Å². The fraction of sp³-hybridized carbons (Fsp3) is 0.444. The maximum atomic E-state index is 13.9. The van der Waals surface area contributed by atoms with E-state index in [9.17, 15) is 14.3 Å². The zero-order chi connectivity index (χ0) is 16.9. The van der Waals surface area contributed by atoms with Crippen LogP contribution in [0.2, 0.25) is 0 Å². The Balaban J connectivity index is 1.80. The molecular formula is C18H21FN2O3. The van der Waals surface area contributed by atoms with Crippen LogP contribution in [0, 0.1) is 5.82 Å². The van der Waals surface area contributed by atoms with Gasteiger partial charge in [0, 0.05) is 25.2 Å². The minimum absolute atomic E-state index is 0.0318. The summed E-state index contributed by atoms with van der Waals surface area (Å²) < 4.78 is 19.2. The van der Waals surface area contributed by atoms with E-state index >= 15 is 0 Å². The number of hydrogen-bond donors (Lipinski definition) is 1. The highest BCUT2D eigenvalue weighted by Gasteiger charge is 2.30. The molecule has 2 aromatic rings. The van der Waals surface area contributed by atoms with Gasteiger partial charge in [-0.05, 0) is 31.0 Å². The number of pyridine rings is 1. The van der Waals surface area contributed by atoms with Crippen molar-refractivity contribution in [3.63, 3.8) is 0 Å². The zero-order valence-electron chi connectivity index (χ0n) is 13.4. The monoisotopic (exact) mass is 332 g/mol. The quantitative estimate of drug-likeness (QED) is 0.933. The van der Waals surface area contributed by atoms with Gasteiger partial charge in [0.1, 0.15) is 11.9 Å². The van der Waals surface area contributed by atoms with Gasteiger partial charge in [-0.3, -0.25) is 9.78 Å². The lowest BCUT2D eigenvalue weighted by atomic mass is 10.0. The number of furan rings is 1. The molecule has 0 aromatic carbocycles. The third-order valence-corrected chi connectivity index (χ3v) is 4.51. The Morgan fingerprint density at radius 2 is 2.29 bits per heavy atom. The third-order valence-electron chi connectivity index (χ3n) is 4.51. The number of amides is 1. The summed E-state index contributed by atoms with van der Waals surface area (Å²) in [5.41, 5.74) is 0.0318. The molecule has 6 heteroatoms. The standard InChI is InChI=1S/C18H21FN2O3/c19-15-12-20-8-7-14(15)18(23)21-9-3-1-2-5-13(21)11-16(22)17-6-4-10-24-17/h4,6-8,10,12-13,16,22H,1-3,5,9,11H2/t13-,16-/m1/s1. The molecule has 24 heavy (non-hydrogen) atoms. The van der Waals surface area contributed by atoms with Crippen LogP contribution in [0.25, 0.3) is 0 Å². The number of hydrogen-bond acceptors (Lipinski definition) is 4. The van der Waals surface area contributed by atoms with Crippen LogP contribution in [0.5, 0.6) is 0 Å². The van der Waals surface area contributed by atoms with Crippen LogP contribution in [0.4, 0.5) is 4.39 Å². The molecule has 0 unspecified atom stereocenters. The van der Waals surface area contributed by atoms with Crippen LogP contribution in [-0.2, 0) is 0 Å². The molecule has 128 valence electrons. The van der Waals surface area contributed by atoms with Gasteiger partial charge in [-0.2, -0.15) is 0 Å². The fourth-order valence-corrected chi connectivity index (χ4v) is 3.25. The number of aliphatic hydroxyl groups excluding tert-OH is 1. The Morgan fingerprint density at radius 3 is 3.04 bits per heavy atom. The normalized spacial score (nSPS) is 19.8. The smallest absolute Gasteiger partial charge is 0.257 e. The van der Waals surface area contributed by atoms with Crippen molar-refractivity contribution < 1.29 is 18.7 Å². The molecule has 1 amide bonds. The van der Waals surface area contributed by atoms with Crippen LogP contribution < -0.4 is 0 Å². The first-order chi connectivity index (χ1) is 11.7. The first-order valence-electron chi connectivity index (χ1n) is 8.29. The molecule has 1 fully saturated rings. The molecule has 3 rings (SSSR count). The second-order valence-corrected chi connectivity index (χ2v) is 6.12. The topological polar surface area (TPSA) is 66.6 Å². The van der Waals surface area contributed by atoms with Crippen LogP contribution in [0.3, 0.4) is 0 Å². The van der Waals surface area contributed by atoms with E-state index in [1.807, 2.05) is 0 Å². The summed E-state index contributed by atoms with van der Waals surface area (Å²) in [6.45, 7) is 0.566. The summed E-state index contributed by atoms with van der Waals surface area (Å²) in [4.78, 5) is 18.2. The SMILES string of the molecule is O=C(c1ccncc1F)N1CCCCC[C@@H]1C[C@@H](O)c1ccco1. The van der Waals surface area contributed by atoms with Gasteiger partial charge >= 0.3 is 0 Å². The average Bonchev–Trinajstić information content (AvgIpc) is 3.03. The molecule has 0 radical (unpaired) electrons. The molecule has 0 saturated carbocycles. The Labute approximate surface area is 140 Å². The van der Waals surface area contributed by atoms with Gasteiger partial charge < -0.3 is 14.4 Å². The summed E-state index contributed by atoms with van der Waals surface area (Å²) in [7, 11) is 0. The molecule has 0 spiro atoms. The zero-order valence-corrected chi connectivity index (χ0v) is 13.4. The van der Waals surface area contributed by atoms with Gasteiger partial charge in [0.05, 0.1) is 18.0 Å². The van der Waals surface area contributed by atoms with Crippen molar-refractivity contribution in [2.24, 2.45) is 0 Å². The highest BCUT2D eigenvalue weighted by molar-refractivity contribution is 5.94. The molecule has 2 aromatic heterocycles. The van der Waals surface area contributed by atoms with E-state index in [-0.39, 0.29) is 17.5 Å². The maximum Gasteiger partial charge on any atom is 0.257 e. The first-order valence-corrected chi connectivity index (χ1v) is 8.29. The van der Waals surface area contributed by atoms with Crippen LogP contribution in [0.15, 0.2) is 41.3 Å². The molecule has 1 N–H and O–H groups in total. The van der Waals surface area contributed by atoms with Gasteiger partial charge in [0.25, 0.3) is 5.91 Å². The lowest BCUT2D eigenvalue weighted by Gasteiger charge is -2.31. The number of rotatable bonds is 4. The second kappa shape index (κ2) is 7.57. The number of carbonyl (C=O) groups excluding carboxylic acids is 1. The number of likely N-dealkylation sites (tertiary alicyclic amines) is 1. The summed E-state index contributed by atoms with van der Waals surface area (Å²) in [6, 6.07) is 4.70. The third kappa shape index (κ3) is 3.64. The Bertz CT molecular complexity index is 675. The lowest BCUT2D eigenvalue weighted by molar-refractivity contribution is 0.0553. The summed E-state index contributed by atoms with van der Waals surface area (Å²) in [5.74, 6) is -0.465. The van der Waals surface area contributed by atoms with Gasteiger partial charge in [-0.15, -0.1) is 0 Å². The van der Waals surface area contributed by atoms with E-state index < -0.39 is 11.9 Å².